The van der Waals surface area contributed by atoms with Crippen LogP contribution >= 0.6 is 0 Å². The second kappa shape index (κ2) is 7.95. The molecule has 0 aromatic rings. The summed E-state index contributed by atoms with van der Waals surface area (Å²) in [6, 6.07) is 0. The molecule has 7 unspecified atom stereocenters. The average molecular weight is 404 g/mol. The maximum Gasteiger partial charge on any atom is 0.0838 e. The first-order valence-corrected chi connectivity index (χ1v) is 12.4. The first-order chi connectivity index (χ1) is 13.7. The molecule has 166 valence electrons. The fourth-order valence-corrected chi connectivity index (χ4v) is 8.23. The van der Waals surface area contributed by atoms with Crippen LogP contribution in [0.15, 0.2) is 11.6 Å². The van der Waals surface area contributed by atoms with E-state index in [2.05, 4.69) is 33.8 Å². The minimum atomic E-state index is -0.185. The van der Waals surface area contributed by atoms with Crippen molar-refractivity contribution in [2.24, 2.45) is 40.4 Å². The largest absolute Gasteiger partial charge is 0.393 e. The fourth-order valence-electron chi connectivity index (χ4n) is 8.23. The number of aliphatic hydroxyl groups is 1. The van der Waals surface area contributed by atoms with E-state index in [0.29, 0.717) is 10.8 Å². The lowest BCUT2D eigenvalue weighted by atomic mass is 9.47. The summed E-state index contributed by atoms with van der Waals surface area (Å²) in [5, 5.41) is 10.2. The van der Waals surface area contributed by atoms with Crippen molar-refractivity contribution in [3.05, 3.63) is 11.6 Å². The molecular formula is C26H45NO2. The van der Waals surface area contributed by atoms with Gasteiger partial charge in [-0.05, 0) is 113 Å². The van der Waals surface area contributed by atoms with Crippen molar-refractivity contribution in [3.8, 4) is 0 Å². The van der Waals surface area contributed by atoms with Gasteiger partial charge in [-0.25, -0.2) is 5.90 Å². The number of nitrogens with two attached hydrogens (primary N) is 1. The molecule has 0 aromatic carbocycles. The quantitative estimate of drug-likeness (QED) is 0.317. The van der Waals surface area contributed by atoms with E-state index in [4.69, 9.17) is 10.7 Å². The molecule has 0 spiro atoms. The molecule has 0 saturated heterocycles. The molecule has 0 aliphatic heterocycles. The van der Waals surface area contributed by atoms with Crippen molar-refractivity contribution < 1.29 is 9.94 Å². The number of unbranched alkanes of at least 4 members (excludes halogenated alkanes) is 1. The molecule has 3 fully saturated rings. The van der Waals surface area contributed by atoms with Crippen LogP contribution in [0.4, 0.5) is 0 Å². The maximum absolute atomic E-state index is 10.2. The zero-order valence-corrected chi connectivity index (χ0v) is 19.4. The minimum absolute atomic E-state index is 0.0924. The van der Waals surface area contributed by atoms with Crippen LogP contribution in [-0.4, -0.2) is 16.8 Å². The molecule has 29 heavy (non-hydrogen) atoms. The normalized spacial score (nSPS) is 44.6. The summed E-state index contributed by atoms with van der Waals surface area (Å²) < 4.78 is 0. The first kappa shape index (κ1) is 21.8. The molecule has 3 saturated carbocycles. The Morgan fingerprint density at radius 3 is 2.66 bits per heavy atom. The predicted octanol–water partition coefficient (Wildman–Crippen LogP) is 6.16. The van der Waals surface area contributed by atoms with Crippen LogP contribution in [0, 0.1) is 34.5 Å². The number of hydrogen-bond donors (Lipinski definition) is 2. The van der Waals surface area contributed by atoms with Crippen LogP contribution < -0.4 is 5.90 Å². The highest BCUT2D eigenvalue weighted by Gasteiger charge is 2.58. The van der Waals surface area contributed by atoms with Gasteiger partial charge in [-0.3, -0.25) is 4.84 Å². The van der Waals surface area contributed by atoms with E-state index >= 15 is 0 Å². The third kappa shape index (κ3) is 3.85. The van der Waals surface area contributed by atoms with Gasteiger partial charge in [-0.15, -0.1) is 0 Å². The standard InChI is InChI=1S/C26H45NO2/c1-24(2,29-27)14-6-5-7-18-9-11-22-21-10-8-19-17-20(28)12-15-26(19,4)23(21)13-16-25(18,22)3/h8,18,20-23,28H,5-7,9-17,27H2,1-4H3. The highest BCUT2D eigenvalue weighted by atomic mass is 16.6. The van der Waals surface area contributed by atoms with Gasteiger partial charge in [-0.1, -0.05) is 38.3 Å². The van der Waals surface area contributed by atoms with Crippen LogP contribution in [-0.2, 0) is 4.84 Å². The van der Waals surface area contributed by atoms with Gasteiger partial charge in [0.2, 0.25) is 0 Å². The van der Waals surface area contributed by atoms with Gasteiger partial charge in [-0.2, -0.15) is 0 Å². The van der Waals surface area contributed by atoms with Gasteiger partial charge in [0.15, 0.2) is 0 Å². The summed E-state index contributed by atoms with van der Waals surface area (Å²) >= 11 is 0. The Balaban J connectivity index is 1.41. The van der Waals surface area contributed by atoms with Crippen molar-refractivity contribution in [1.29, 1.82) is 0 Å². The number of fused-ring (bicyclic) bond motifs is 5. The van der Waals surface area contributed by atoms with E-state index in [-0.39, 0.29) is 11.7 Å². The summed E-state index contributed by atoms with van der Waals surface area (Å²) in [7, 11) is 0. The van der Waals surface area contributed by atoms with E-state index in [1.165, 1.54) is 57.8 Å². The van der Waals surface area contributed by atoms with Crippen molar-refractivity contribution in [3.63, 3.8) is 0 Å². The van der Waals surface area contributed by atoms with E-state index in [9.17, 15) is 5.11 Å². The average Bonchev–Trinajstić information content (AvgIpc) is 3.02. The minimum Gasteiger partial charge on any atom is -0.393 e. The third-order valence-electron chi connectivity index (χ3n) is 10.2. The topological polar surface area (TPSA) is 55.5 Å². The summed E-state index contributed by atoms with van der Waals surface area (Å²) in [4.78, 5) is 5.11. The van der Waals surface area contributed by atoms with Gasteiger partial charge in [0.25, 0.3) is 0 Å². The Morgan fingerprint density at radius 2 is 1.90 bits per heavy atom. The molecule has 0 radical (unpaired) electrons. The Bertz CT molecular complexity index is 628. The molecule has 3 N–H and O–H groups in total. The fraction of sp³-hybridized carbons (Fsp3) is 0.923. The highest BCUT2D eigenvalue weighted by Crippen LogP contribution is 2.66. The molecule has 4 aliphatic rings. The van der Waals surface area contributed by atoms with Crippen molar-refractivity contribution in [2.45, 2.75) is 116 Å². The lowest BCUT2D eigenvalue weighted by Gasteiger charge is -2.58. The molecule has 4 aliphatic carbocycles. The second-order valence-electron chi connectivity index (χ2n) is 12.1. The van der Waals surface area contributed by atoms with Crippen LogP contribution in [0.1, 0.15) is 105 Å². The molecule has 0 heterocycles. The number of rotatable bonds is 6. The molecule has 0 amide bonds. The predicted molar refractivity (Wildman–Crippen MR) is 119 cm³/mol. The molecule has 7 atom stereocenters. The van der Waals surface area contributed by atoms with Crippen LogP contribution in [0.2, 0.25) is 0 Å². The lowest BCUT2D eigenvalue weighted by molar-refractivity contribution is -0.0515. The van der Waals surface area contributed by atoms with E-state index in [1.807, 2.05) is 0 Å². The van der Waals surface area contributed by atoms with E-state index in [0.717, 1.165) is 42.9 Å². The van der Waals surface area contributed by atoms with Crippen LogP contribution in [0.3, 0.4) is 0 Å². The molecule has 0 aromatic heterocycles. The van der Waals surface area contributed by atoms with Gasteiger partial charge >= 0.3 is 0 Å². The maximum atomic E-state index is 10.2. The summed E-state index contributed by atoms with van der Waals surface area (Å²) in [6.07, 6.45) is 17.6. The van der Waals surface area contributed by atoms with Gasteiger partial charge in [0.1, 0.15) is 0 Å². The number of hydrogen-bond acceptors (Lipinski definition) is 3. The number of aliphatic hydroxyl groups excluding tert-OH is 1. The summed E-state index contributed by atoms with van der Waals surface area (Å²) in [6.45, 7) is 9.37. The highest BCUT2D eigenvalue weighted by molar-refractivity contribution is 5.25. The first-order valence-electron chi connectivity index (χ1n) is 12.4. The Labute approximate surface area is 178 Å². The zero-order valence-electron chi connectivity index (χ0n) is 19.4. The van der Waals surface area contributed by atoms with Crippen molar-refractivity contribution in [2.75, 3.05) is 0 Å². The Morgan fingerprint density at radius 1 is 1.10 bits per heavy atom. The molecule has 3 nitrogen and oxygen atoms in total. The monoisotopic (exact) mass is 403 g/mol. The van der Waals surface area contributed by atoms with Gasteiger partial charge < -0.3 is 5.11 Å². The lowest BCUT2D eigenvalue weighted by Crippen LogP contribution is -2.50. The van der Waals surface area contributed by atoms with Crippen LogP contribution in [0.5, 0.6) is 0 Å². The van der Waals surface area contributed by atoms with Gasteiger partial charge in [0.05, 0.1) is 11.7 Å². The molecule has 3 heteroatoms. The van der Waals surface area contributed by atoms with E-state index < -0.39 is 0 Å². The smallest absolute Gasteiger partial charge is 0.0838 e. The van der Waals surface area contributed by atoms with Crippen LogP contribution in [0.25, 0.3) is 0 Å². The van der Waals surface area contributed by atoms with Crippen molar-refractivity contribution >= 4 is 0 Å². The SMILES string of the molecule is CC(C)(CCCCC1CCC2C3CC=C4CC(O)CCC4(C)C3CCC12C)ON. The van der Waals surface area contributed by atoms with Crippen molar-refractivity contribution in [1.82, 2.24) is 0 Å². The molecule has 4 rings (SSSR count). The second-order valence-corrected chi connectivity index (χ2v) is 12.1. The van der Waals surface area contributed by atoms with E-state index in [1.54, 1.807) is 5.57 Å². The Hall–Kier alpha value is -0.380. The molecular weight excluding hydrogens is 358 g/mol. The summed E-state index contributed by atoms with van der Waals surface area (Å²) in [5.41, 5.74) is 2.34. The number of allylic oxidation sites excluding steroid dienone is 1. The summed E-state index contributed by atoms with van der Waals surface area (Å²) in [5.74, 6) is 8.98. The Kier molecular flexibility index (Phi) is 5.99. The van der Waals surface area contributed by atoms with Gasteiger partial charge in [0, 0.05) is 0 Å². The molecule has 0 bridgehead atoms. The zero-order chi connectivity index (χ0) is 20.9. The third-order valence-corrected chi connectivity index (χ3v) is 10.2.